The predicted octanol–water partition coefficient (Wildman–Crippen LogP) is 1.50. The quantitative estimate of drug-likeness (QED) is 0.655. The van der Waals surface area contributed by atoms with E-state index in [0.717, 1.165) is 12.8 Å². The first-order valence-corrected chi connectivity index (χ1v) is 9.24. The van der Waals surface area contributed by atoms with Crippen molar-refractivity contribution in [2.45, 2.75) is 56.0 Å². The van der Waals surface area contributed by atoms with Crippen molar-refractivity contribution in [3.8, 4) is 0 Å². The van der Waals surface area contributed by atoms with Crippen LogP contribution in [0.5, 0.6) is 0 Å². The predicted molar refractivity (Wildman–Crippen MR) is 88.2 cm³/mol. The molecule has 0 spiro atoms. The van der Waals surface area contributed by atoms with Gasteiger partial charge in [-0.2, -0.15) is 0 Å². The van der Waals surface area contributed by atoms with Crippen LogP contribution in [0.4, 0.5) is 0 Å². The number of benzene rings is 1. The van der Waals surface area contributed by atoms with Crippen molar-refractivity contribution in [2.75, 3.05) is 0 Å². The lowest BCUT2D eigenvalue weighted by Gasteiger charge is -2.25. The molecule has 0 atom stereocenters. The molecule has 1 aliphatic carbocycles. The molecule has 0 unspecified atom stereocenters. The first-order valence-electron chi connectivity index (χ1n) is 7.76. The van der Waals surface area contributed by atoms with E-state index in [1.165, 1.54) is 24.3 Å². The van der Waals surface area contributed by atoms with E-state index in [9.17, 15) is 18.0 Å². The SMILES string of the molecule is CC(C)(CCC(=O)O)NC(=O)c1ccc(S(=O)(=O)NC2CC2)cc1. The van der Waals surface area contributed by atoms with E-state index >= 15 is 0 Å². The average molecular weight is 354 g/mol. The lowest BCUT2D eigenvalue weighted by molar-refractivity contribution is -0.137. The van der Waals surface area contributed by atoms with Crippen LogP contribution in [0.3, 0.4) is 0 Å². The summed E-state index contributed by atoms with van der Waals surface area (Å²) in [6.45, 7) is 3.48. The Balaban J connectivity index is 2.01. The minimum Gasteiger partial charge on any atom is -0.481 e. The Labute approximate surface area is 141 Å². The molecule has 1 aromatic rings. The number of hydrogen-bond donors (Lipinski definition) is 3. The van der Waals surface area contributed by atoms with Gasteiger partial charge in [0.2, 0.25) is 10.0 Å². The molecule has 3 N–H and O–H groups in total. The molecule has 1 amide bonds. The van der Waals surface area contributed by atoms with Crippen LogP contribution in [0.2, 0.25) is 0 Å². The van der Waals surface area contributed by atoms with E-state index in [1.54, 1.807) is 13.8 Å². The number of rotatable bonds is 8. The number of carboxylic acid groups (broad SMARTS) is 1. The summed E-state index contributed by atoms with van der Waals surface area (Å²) in [6.07, 6.45) is 1.96. The van der Waals surface area contributed by atoms with Crippen LogP contribution in [0.1, 0.15) is 49.9 Å². The molecule has 0 aliphatic heterocycles. The van der Waals surface area contributed by atoms with Gasteiger partial charge in [-0.1, -0.05) is 0 Å². The molecule has 8 heteroatoms. The molecule has 0 saturated heterocycles. The standard InChI is InChI=1S/C16H22N2O5S/c1-16(2,10-9-14(19)20)17-15(21)11-3-7-13(8-4-11)24(22,23)18-12-5-6-12/h3-4,7-8,12,18H,5-6,9-10H2,1-2H3,(H,17,21)(H,19,20). The van der Waals surface area contributed by atoms with E-state index in [-0.39, 0.29) is 23.3 Å². The van der Waals surface area contributed by atoms with Gasteiger partial charge in [-0.3, -0.25) is 9.59 Å². The van der Waals surface area contributed by atoms with Crippen molar-refractivity contribution in [3.63, 3.8) is 0 Å². The molecule has 132 valence electrons. The number of aliphatic carboxylic acids is 1. The second-order valence-electron chi connectivity index (χ2n) is 6.65. The Hall–Kier alpha value is -1.93. The third-order valence-corrected chi connectivity index (χ3v) is 5.28. The van der Waals surface area contributed by atoms with Crippen LogP contribution < -0.4 is 10.0 Å². The zero-order valence-electron chi connectivity index (χ0n) is 13.7. The number of nitrogens with one attached hydrogen (secondary N) is 2. The summed E-state index contributed by atoms with van der Waals surface area (Å²) < 4.78 is 26.7. The Bertz CT molecular complexity index is 721. The van der Waals surface area contributed by atoms with Gasteiger partial charge in [-0.25, -0.2) is 13.1 Å². The molecule has 2 rings (SSSR count). The molecular weight excluding hydrogens is 332 g/mol. The Morgan fingerprint density at radius 2 is 1.79 bits per heavy atom. The van der Waals surface area contributed by atoms with Gasteiger partial charge < -0.3 is 10.4 Å². The molecule has 1 aromatic carbocycles. The van der Waals surface area contributed by atoms with Gasteiger partial charge in [-0.05, 0) is 57.4 Å². The second-order valence-corrected chi connectivity index (χ2v) is 8.37. The lowest BCUT2D eigenvalue weighted by atomic mass is 9.98. The summed E-state index contributed by atoms with van der Waals surface area (Å²) in [6, 6.07) is 5.70. The number of carbonyl (C=O) groups is 2. The summed E-state index contributed by atoms with van der Waals surface area (Å²) >= 11 is 0. The van der Waals surface area contributed by atoms with Gasteiger partial charge in [-0.15, -0.1) is 0 Å². The van der Waals surface area contributed by atoms with Crippen molar-refractivity contribution in [3.05, 3.63) is 29.8 Å². The summed E-state index contributed by atoms with van der Waals surface area (Å²) in [4.78, 5) is 23.0. The maximum Gasteiger partial charge on any atom is 0.303 e. The van der Waals surface area contributed by atoms with Gasteiger partial charge in [0.1, 0.15) is 0 Å². The molecule has 0 heterocycles. The minimum atomic E-state index is -3.54. The number of sulfonamides is 1. The normalized spacial score (nSPS) is 15.1. The minimum absolute atomic E-state index is 0.0213. The zero-order chi connectivity index (χ0) is 18.0. The maximum atomic E-state index is 12.2. The van der Waals surface area contributed by atoms with Crippen molar-refractivity contribution in [1.82, 2.24) is 10.0 Å². The van der Waals surface area contributed by atoms with Gasteiger partial charge in [0, 0.05) is 23.6 Å². The smallest absolute Gasteiger partial charge is 0.303 e. The molecule has 24 heavy (non-hydrogen) atoms. The Morgan fingerprint density at radius 3 is 2.29 bits per heavy atom. The molecule has 0 bridgehead atoms. The molecule has 0 aromatic heterocycles. The largest absolute Gasteiger partial charge is 0.481 e. The third kappa shape index (κ3) is 5.31. The Morgan fingerprint density at radius 1 is 1.21 bits per heavy atom. The van der Waals surface area contributed by atoms with Crippen LogP contribution >= 0.6 is 0 Å². The van der Waals surface area contributed by atoms with E-state index in [4.69, 9.17) is 5.11 Å². The van der Waals surface area contributed by atoms with Gasteiger partial charge in [0.05, 0.1) is 4.90 Å². The lowest BCUT2D eigenvalue weighted by Crippen LogP contribution is -2.43. The van der Waals surface area contributed by atoms with Gasteiger partial charge in [0.15, 0.2) is 0 Å². The average Bonchev–Trinajstić information content (AvgIpc) is 3.28. The van der Waals surface area contributed by atoms with E-state index in [2.05, 4.69) is 10.0 Å². The van der Waals surface area contributed by atoms with E-state index in [1.807, 2.05) is 0 Å². The van der Waals surface area contributed by atoms with Crippen molar-refractivity contribution < 1.29 is 23.1 Å². The third-order valence-electron chi connectivity index (χ3n) is 3.74. The highest BCUT2D eigenvalue weighted by atomic mass is 32.2. The number of carboxylic acids is 1. The molecule has 0 radical (unpaired) electrons. The highest BCUT2D eigenvalue weighted by molar-refractivity contribution is 7.89. The van der Waals surface area contributed by atoms with Crippen LogP contribution in [0.25, 0.3) is 0 Å². The fourth-order valence-corrected chi connectivity index (χ4v) is 3.44. The highest BCUT2D eigenvalue weighted by Gasteiger charge is 2.28. The molecule has 1 fully saturated rings. The number of amides is 1. The highest BCUT2D eigenvalue weighted by Crippen LogP contribution is 2.22. The van der Waals surface area contributed by atoms with E-state index < -0.39 is 21.5 Å². The van der Waals surface area contributed by atoms with Gasteiger partial charge >= 0.3 is 5.97 Å². The number of hydrogen-bond acceptors (Lipinski definition) is 4. The first kappa shape index (κ1) is 18.4. The Kier molecular flexibility index (Phi) is 5.29. The van der Waals surface area contributed by atoms with Crippen LogP contribution in [0, 0.1) is 0 Å². The maximum absolute atomic E-state index is 12.2. The van der Waals surface area contributed by atoms with Crippen LogP contribution in [-0.4, -0.2) is 37.0 Å². The summed E-state index contributed by atoms with van der Waals surface area (Å²) in [5, 5.41) is 11.5. The summed E-state index contributed by atoms with van der Waals surface area (Å²) in [5.41, 5.74) is -0.350. The van der Waals surface area contributed by atoms with Crippen LogP contribution in [-0.2, 0) is 14.8 Å². The molecule has 1 aliphatic rings. The monoisotopic (exact) mass is 354 g/mol. The molecule has 7 nitrogen and oxygen atoms in total. The number of carbonyl (C=O) groups excluding carboxylic acids is 1. The molecular formula is C16H22N2O5S. The summed E-state index contributed by atoms with van der Waals surface area (Å²) in [5.74, 6) is -1.29. The second kappa shape index (κ2) is 6.90. The van der Waals surface area contributed by atoms with E-state index in [0.29, 0.717) is 12.0 Å². The summed E-state index contributed by atoms with van der Waals surface area (Å²) in [7, 11) is -3.54. The fourth-order valence-electron chi connectivity index (χ4n) is 2.14. The first-order chi connectivity index (χ1) is 11.1. The van der Waals surface area contributed by atoms with Crippen molar-refractivity contribution in [1.29, 1.82) is 0 Å². The fraction of sp³-hybridized carbons (Fsp3) is 0.500. The van der Waals surface area contributed by atoms with Crippen LogP contribution in [0.15, 0.2) is 29.2 Å². The van der Waals surface area contributed by atoms with Crippen molar-refractivity contribution >= 4 is 21.9 Å². The topological polar surface area (TPSA) is 113 Å². The van der Waals surface area contributed by atoms with Gasteiger partial charge in [0.25, 0.3) is 5.91 Å². The zero-order valence-corrected chi connectivity index (χ0v) is 14.5. The van der Waals surface area contributed by atoms with Crippen molar-refractivity contribution in [2.24, 2.45) is 0 Å². The molecule has 1 saturated carbocycles.